The van der Waals surface area contributed by atoms with Crippen molar-refractivity contribution in [2.45, 2.75) is 51.0 Å². The molecule has 120 valence electrons. The minimum Gasteiger partial charge on any atom is -0.480 e. The van der Waals surface area contributed by atoms with Gasteiger partial charge in [0.1, 0.15) is 5.54 Å². The highest BCUT2D eigenvalue weighted by Gasteiger charge is 2.42. The summed E-state index contributed by atoms with van der Waals surface area (Å²) in [4.78, 5) is 36.1. The number of carboxylic acid groups (broad SMARTS) is 1. The van der Waals surface area contributed by atoms with Gasteiger partial charge >= 0.3 is 5.97 Å². The lowest BCUT2D eigenvalue weighted by Crippen LogP contribution is -2.56. The molecule has 1 heterocycles. The molecule has 6 heteroatoms. The van der Waals surface area contributed by atoms with Gasteiger partial charge in [-0.1, -0.05) is 13.0 Å². The van der Waals surface area contributed by atoms with Crippen molar-refractivity contribution in [1.82, 2.24) is 5.32 Å². The Morgan fingerprint density at radius 3 is 2.55 bits per heavy atom. The summed E-state index contributed by atoms with van der Waals surface area (Å²) in [5.74, 6) is -0.921. The number of nitrogens with one attached hydrogen (secondary N) is 1. The van der Waals surface area contributed by atoms with E-state index in [1.807, 2.05) is 5.38 Å². The van der Waals surface area contributed by atoms with Crippen LogP contribution in [0.15, 0.2) is 17.5 Å². The fourth-order valence-corrected chi connectivity index (χ4v) is 3.46. The Morgan fingerprint density at radius 1 is 1.32 bits per heavy atom. The van der Waals surface area contributed by atoms with Crippen LogP contribution < -0.4 is 5.32 Å². The highest BCUT2D eigenvalue weighted by molar-refractivity contribution is 7.12. The van der Waals surface area contributed by atoms with Crippen LogP contribution in [0.25, 0.3) is 0 Å². The maximum atomic E-state index is 12.1. The average Bonchev–Trinajstić information content (AvgIpc) is 3.01. The van der Waals surface area contributed by atoms with Gasteiger partial charge in [0.15, 0.2) is 5.78 Å². The number of hydrogen-bond acceptors (Lipinski definition) is 4. The minimum absolute atomic E-state index is 0.0291. The van der Waals surface area contributed by atoms with E-state index in [0.29, 0.717) is 23.6 Å². The number of aliphatic carboxylic acids is 1. The molecule has 2 rings (SSSR count). The smallest absolute Gasteiger partial charge is 0.329 e. The second-order valence-corrected chi connectivity index (χ2v) is 6.97. The largest absolute Gasteiger partial charge is 0.480 e. The van der Waals surface area contributed by atoms with Crippen LogP contribution in [0.4, 0.5) is 0 Å². The Hall–Kier alpha value is -1.69. The molecule has 0 atom stereocenters. The van der Waals surface area contributed by atoms with E-state index in [0.717, 1.165) is 12.8 Å². The fourth-order valence-electron chi connectivity index (χ4n) is 2.76. The van der Waals surface area contributed by atoms with Gasteiger partial charge in [0.25, 0.3) is 0 Å². The van der Waals surface area contributed by atoms with Crippen molar-refractivity contribution in [3.63, 3.8) is 0 Å². The average molecular weight is 323 g/mol. The van der Waals surface area contributed by atoms with Crippen LogP contribution in [0, 0.1) is 5.92 Å². The van der Waals surface area contributed by atoms with Gasteiger partial charge in [0.05, 0.1) is 4.88 Å². The first-order valence-electron chi connectivity index (χ1n) is 7.54. The third-order valence-corrected chi connectivity index (χ3v) is 5.20. The lowest BCUT2D eigenvalue weighted by molar-refractivity contribution is -0.149. The Bertz CT molecular complexity index is 545. The summed E-state index contributed by atoms with van der Waals surface area (Å²) in [7, 11) is 0. The second-order valence-electron chi connectivity index (χ2n) is 6.02. The second kappa shape index (κ2) is 7.05. The molecule has 5 nitrogen and oxygen atoms in total. The zero-order valence-electron chi connectivity index (χ0n) is 12.6. The van der Waals surface area contributed by atoms with Gasteiger partial charge < -0.3 is 10.4 Å². The Labute approximate surface area is 133 Å². The Balaban J connectivity index is 1.89. The number of carbonyl (C=O) groups excluding carboxylic acids is 2. The summed E-state index contributed by atoms with van der Waals surface area (Å²) in [5, 5.41) is 14.0. The molecule has 1 aliphatic rings. The summed E-state index contributed by atoms with van der Waals surface area (Å²) in [6.07, 6.45) is 2.63. The monoisotopic (exact) mass is 323 g/mol. The molecule has 1 saturated carbocycles. The van der Waals surface area contributed by atoms with E-state index in [1.165, 1.54) is 11.3 Å². The molecule has 0 unspecified atom stereocenters. The van der Waals surface area contributed by atoms with Crippen LogP contribution >= 0.6 is 11.3 Å². The van der Waals surface area contributed by atoms with Crippen LogP contribution in [-0.4, -0.2) is 28.3 Å². The SMILES string of the molecule is CC1CCC(NC(=O)CCC(=O)c2cccs2)(C(=O)O)CC1. The summed E-state index contributed by atoms with van der Waals surface area (Å²) >= 11 is 1.35. The lowest BCUT2D eigenvalue weighted by Gasteiger charge is -2.36. The molecular formula is C16H21NO4S. The molecule has 1 aliphatic carbocycles. The van der Waals surface area contributed by atoms with E-state index in [9.17, 15) is 19.5 Å². The van der Waals surface area contributed by atoms with Gasteiger partial charge in [0.2, 0.25) is 5.91 Å². The number of Topliss-reactive ketones (excluding diaryl/α,β-unsaturated/α-hetero) is 1. The maximum Gasteiger partial charge on any atom is 0.329 e. The molecule has 0 saturated heterocycles. The number of ketones is 1. The van der Waals surface area contributed by atoms with Gasteiger partial charge in [-0.2, -0.15) is 0 Å². The van der Waals surface area contributed by atoms with Crippen LogP contribution in [-0.2, 0) is 9.59 Å². The first-order valence-corrected chi connectivity index (χ1v) is 8.42. The van der Waals surface area contributed by atoms with E-state index in [1.54, 1.807) is 12.1 Å². The number of carbonyl (C=O) groups is 3. The number of rotatable bonds is 6. The van der Waals surface area contributed by atoms with Gasteiger partial charge in [-0.25, -0.2) is 4.79 Å². The van der Waals surface area contributed by atoms with Gasteiger partial charge in [-0.3, -0.25) is 9.59 Å². The summed E-state index contributed by atoms with van der Waals surface area (Å²) in [6.45, 7) is 2.09. The quantitative estimate of drug-likeness (QED) is 0.789. The molecule has 1 aromatic heterocycles. The number of hydrogen-bond donors (Lipinski definition) is 2. The third kappa shape index (κ3) is 3.94. The zero-order valence-corrected chi connectivity index (χ0v) is 13.4. The van der Waals surface area contributed by atoms with E-state index < -0.39 is 11.5 Å². The van der Waals surface area contributed by atoms with E-state index >= 15 is 0 Å². The molecular weight excluding hydrogens is 302 g/mol. The molecule has 0 bridgehead atoms. The van der Waals surface area contributed by atoms with Crippen LogP contribution in [0.1, 0.15) is 55.1 Å². The Morgan fingerprint density at radius 2 is 2.00 bits per heavy atom. The molecule has 1 amide bonds. The zero-order chi connectivity index (χ0) is 16.2. The maximum absolute atomic E-state index is 12.1. The third-order valence-electron chi connectivity index (χ3n) is 4.29. The van der Waals surface area contributed by atoms with Crippen molar-refractivity contribution < 1.29 is 19.5 Å². The molecule has 0 aliphatic heterocycles. The van der Waals surface area contributed by atoms with Crippen molar-refractivity contribution in [3.8, 4) is 0 Å². The normalized spacial score (nSPS) is 24.7. The van der Waals surface area contributed by atoms with Crippen LogP contribution in [0.5, 0.6) is 0 Å². The van der Waals surface area contributed by atoms with Crippen molar-refractivity contribution >= 4 is 29.0 Å². The Kier molecular flexibility index (Phi) is 5.34. The van der Waals surface area contributed by atoms with Crippen molar-refractivity contribution in [1.29, 1.82) is 0 Å². The molecule has 0 radical (unpaired) electrons. The highest BCUT2D eigenvalue weighted by atomic mass is 32.1. The van der Waals surface area contributed by atoms with Gasteiger partial charge in [-0.05, 0) is 43.0 Å². The molecule has 1 aromatic rings. The first kappa shape index (κ1) is 16.7. The molecule has 0 spiro atoms. The van der Waals surface area contributed by atoms with Crippen molar-refractivity contribution in [2.24, 2.45) is 5.92 Å². The molecule has 22 heavy (non-hydrogen) atoms. The highest BCUT2D eigenvalue weighted by Crippen LogP contribution is 2.32. The standard InChI is InChI=1S/C16H21NO4S/c1-11-6-8-16(9-7-11,15(20)21)17-14(19)5-4-12(18)13-3-2-10-22-13/h2-3,10-11H,4-9H2,1H3,(H,17,19)(H,20,21). The summed E-state index contributed by atoms with van der Waals surface area (Å²) < 4.78 is 0. The number of thiophene rings is 1. The lowest BCUT2D eigenvalue weighted by atomic mass is 9.77. The van der Waals surface area contributed by atoms with Gasteiger partial charge in [-0.15, -0.1) is 11.3 Å². The fraction of sp³-hybridized carbons (Fsp3) is 0.562. The number of carboxylic acids is 1. The molecule has 0 aromatic carbocycles. The topological polar surface area (TPSA) is 83.5 Å². The predicted octanol–water partition coefficient (Wildman–Crippen LogP) is 2.86. The number of amides is 1. The summed E-state index contributed by atoms with van der Waals surface area (Å²) in [5.41, 5.74) is -1.16. The van der Waals surface area contributed by atoms with Gasteiger partial charge in [0, 0.05) is 12.8 Å². The summed E-state index contributed by atoms with van der Waals surface area (Å²) in [6, 6.07) is 3.52. The van der Waals surface area contributed by atoms with Crippen LogP contribution in [0.3, 0.4) is 0 Å². The predicted molar refractivity (Wildman–Crippen MR) is 84.0 cm³/mol. The minimum atomic E-state index is -1.16. The molecule has 1 fully saturated rings. The van der Waals surface area contributed by atoms with E-state index in [4.69, 9.17) is 0 Å². The van der Waals surface area contributed by atoms with Crippen molar-refractivity contribution in [3.05, 3.63) is 22.4 Å². The first-order chi connectivity index (χ1) is 10.4. The molecule has 2 N–H and O–H groups in total. The van der Waals surface area contributed by atoms with Crippen molar-refractivity contribution in [2.75, 3.05) is 0 Å². The van der Waals surface area contributed by atoms with E-state index in [-0.39, 0.29) is 24.5 Å². The van der Waals surface area contributed by atoms with E-state index in [2.05, 4.69) is 12.2 Å². The van der Waals surface area contributed by atoms with Crippen LogP contribution in [0.2, 0.25) is 0 Å².